The van der Waals surface area contributed by atoms with Crippen molar-refractivity contribution in [3.8, 4) is 0 Å². The standard InChI is InChI=1S/C18H20N2O3/c21-18(17-12-22-9-10-23-17)20-7-5-13(6-8-20)15-11-19-16-4-2-1-3-14(15)16/h1-5,11,17,19H,6-10,12H2. The number of para-hydroxylation sites is 1. The molecule has 2 aromatic rings. The summed E-state index contributed by atoms with van der Waals surface area (Å²) in [7, 11) is 0. The monoisotopic (exact) mass is 312 g/mol. The Labute approximate surface area is 134 Å². The molecule has 1 fully saturated rings. The molecule has 0 aliphatic carbocycles. The smallest absolute Gasteiger partial charge is 0.254 e. The van der Waals surface area contributed by atoms with E-state index in [0.717, 1.165) is 18.5 Å². The van der Waals surface area contributed by atoms with Crippen LogP contribution in [0.2, 0.25) is 0 Å². The van der Waals surface area contributed by atoms with Gasteiger partial charge in [0.1, 0.15) is 0 Å². The van der Waals surface area contributed by atoms with Gasteiger partial charge in [-0.05, 0) is 18.1 Å². The maximum Gasteiger partial charge on any atom is 0.254 e. The van der Waals surface area contributed by atoms with Gasteiger partial charge < -0.3 is 19.4 Å². The number of aromatic amines is 1. The number of benzene rings is 1. The zero-order valence-corrected chi connectivity index (χ0v) is 13.0. The molecule has 0 bridgehead atoms. The lowest BCUT2D eigenvalue weighted by Crippen LogP contribution is -2.46. The van der Waals surface area contributed by atoms with Gasteiger partial charge in [0, 0.05) is 35.8 Å². The number of amides is 1. The van der Waals surface area contributed by atoms with E-state index in [4.69, 9.17) is 9.47 Å². The van der Waals surface area contributed by atoms with Crippen LogP contribution in [0.5, 0.6) is 0 Å². The van der Waals surface area contributed by atoms with E-state index < -0.39 is 6.10 Å². The molecule has 1 saturated heterocycles. The summed E-state index contributed by atoms with van der Waals surface area (Å²) in [5.74, 6) is 0.0407. The third-order valence-electron chi connectivity index (χ3n) is 4.55. The molecule has 1 amide bonds. The summed E-state index contributed by atoms with van der Waals surface area (Å²) in [6, 6.07) is 8.30. The van der Waals surface area contributed by atoms with Crippen molar-refractivity contribution >= 4 is 22.4 Å². The molecule has 3 heterocycles. The van der Waals surface area contributed by atoms with Crippen LogP contribution < -0.4 is 0 Å². The topological polar surface area (TPSA) is 54.6 Å². The van der Waals surface area contributed by atoms with Crippen LogP contribution in [0.4, 0.5) is 0 Å². The minimum Gasteiger partial charge on any atom is -0.376 e. The number of rotatable bonds is 2. The van der Waals surface area contributed by atoms with Crippen molar-refractivity contribution in [3.63, 3.8) is 0 Å². The highest BCUT2D eigenvalue weighted by Crippen LogP contribution is 2.29. The first-order chi connectivity index (χ1) is 11.3. The van der Waals surface area contributed by atoms with Gasteiger partial charge in [0.25, 0.3) is 5.91 Å². The Kier molecular flexibility index (Phi) is 3.89. The van der Waals surface area contributed by atoms with Crippen LogP contribution in [-0.2, 0) is 14.3 Å². The van der Waals surface area contributed by atoms with Crippen LogP contribution in [0.3, 0.4) is 0 Å². The number of carbonyl (C=O) groups excluding carboxylic acids is 1. The summed E-state index contributed by atoms with van der Waals surface area (Å²) in [6.45, 7) is 2.81. The highest BCUT2D eigenvalue weighted by atomic mass is 16.6. The van der Waals surface area contributed by atoms with Gasteiger partial charge >= 0.3 is 0 Å². The Morgan fingerprint density at radius 3 is 2.96 bits per heavy atom. The van der Waals surface area contributed by atoms with Gasteiger partial charge in [-0.25, -0.2) is 0 Å². The molecule has 1 atom stereocenters. The van der Waals surface area contributed by atoms with Crippen molar-refractivity contribution in [3.05, 3.63) is 42.1 Å². The Hall–Kier alpha value is -2.11. The first-order valence-electron chi connectivity index (χ1n) is 8.06. The fourth-order valence-electron chi connectivity index (χ4n) is 3.29. The number of nitrogens with zero attached hydrogens (tertiary/aromatic N) is 1. The van der Waals surface area contributed by atoms with Crippen molar-refractivity contribution in [2.45, 2.75) is 12.5 Å². The molecule has 1 aromatic carbocycles. The molecule has 1 N–H and O–H groups in total. The molecule has 4 rings (SSSR count). The average molecular weight is 312 g/mol. The van der Waals surface area contributed by atoms with Gasteiger partial charge in [0.15, 0.2) is 6.10 Å². The summed E-state index contributed by atoms with van der Waals surface area (Å²) in [4.78, 5) is 17.6. The minimum absolute atomic E-state index is 0.0407. The van der Waals surface area contributed by atoms with E-state index in [1.54, 1.807) is 0 Å². The highest BCUT2D eigenvalue weighted by molar-refractivity contribution is 5.93. The predicted molar refractivity (Wildman–Crippen MR) is 88.0 cm³/mol. The normalized spacial score (nSPS) is 22.2. The summed E-state index contributed by atoms with van der Waals surface area (Å²) in [5.41, 5.74) is 3.69. The molecule has 120 valence electrons. The van der Waals surface area contributed by atoms with Crippen molar-refractivity contribution < 1.29 is 14.3 Å². The molecule has 0 saturated carbocycles. The lowest BCUT2D eigenvalue weighted by Gasteiger charge is -2.31. The first-order valence-corrected chi connectivity index (χ1v) is 8.06. The molecule has 2 aliphatic rings. The van der Waals surface area contributed by atoms with Crippen LogP contribution in [0.15, 0.2) is 36.5 Å². The fraction of sp³-hybridized carbons (Fsp3) is 0.389. The van der Waals surface area contributed by atoms with Crippen LogP contribution >= 0.6 is 0 Å². The van der Waals surface area contributed by atoms with Gasteiger partial charge in [-0.3, -0.25) is 4.79 Å². The number of hydrogen-bond acceptors (Lipinski definition) is 3. The van der Waals surface area contributed by atoms with Crippen molar-refractivity contribution in [1.82, 2.24) is 9.88 Å². The molecule has 1 aromatic heterocycles. The van der Waals surface area contributed by atoms with E-state index in [2.05, 4.69) is 35.5 Å². The van der Waals surface area contributed by atoms with Gasteiger partial charge in [-0.15, -0.1) is 0 Å². The molecular formula is C18H20N2O3. The molecule has 0 radical (unpaired) electrons. The van der Waals surface area contributed by atoms with Crippen molar-refractivity contribution in [2.75, 3.05) is 32.9 Å². The third kappa shape index (κ3) is 2.78. The Morgan fingerprint density at radius 2 is 2.17 bits per heavy atom. The zero-order valence-electron chi connectivity index (χ0n) is 13.0. The van der Waals surface area contributed by atoms with E-state index in [1.165, 1.54) is 16.5 Å². The molecule has 2 aliphatic heterocycles. The summed E-state index contributed by atoms with van der Waals surface area (Å²) < 4.78 is 10.8. The molecular weight excluding hydrogens is 292 g/mol. The van der Waals surface area contributed by atoms with Crippen LogP contribution in [0.1, 0.15) is 12.0 Å². The van der Waals surface area contributed by atoms with E-state index in [-0.39, 0.29) is 5.91 Å². The number of H-pyrrole nitrogens is 1. The van der Waals surface area contributed by atoms with E-state index in [1.807, 2.05) is 11.0 Å². The van der Waals surface area contributed by atoms with E-state index in [9.17, 15) is 4.79 Å². The van der Waals surface area contributed by atoms with E-state index in [0.29, 0.717) is 26.4 Å². The van der Waals surface area contributed by atoms with Crippen molar-refractivity contribution in [2.24, 2.45) is 0 Å². The SMILES string of the molecule is O=C(C1COCCO1)N1CC=C(c2c[nH]c3ccccc23)CC1. The van der Waals surface area contributed by atoms with E-state index >= 15 is 0 Å². The number of carbonyl (C=O) groups is 1. The largest absolute Gasteiger partial charge is 0.376 e. The number of nitrogens with one attached hydrogen (secondary N) is 1. The fourth-order valence-corrected chi connectivity index (χ4v) is 3.29. The van der Waals surface area contributed by atoms with Gasteiger partial charge in [-0.2, -0.15) is 0 Å². The number of ether oxygens (including phenoxy) is 2. The highest BCUT2D eigenvalue weighted by Gasteiger charge is 2.28. The summed E-state index contributed by atoms with van der Waals surface area (Å²) in [6.07, 6.45) is 4.64. The molecule has 5 nitrogen and oxygen atoms in total. The maximum absolute atomic E-state index is 12.4. The first kappa shape index (κ1) is 14.5. The summed E-state index contributed by atoms with van der Waals surface area (Å²) in [5, 5.41) is 1.24. The second kappa shape index (κ2) is 6.18. The molecule has 1 unspecified atom stereocenters. The number of fused-ring (bicyclic) bond motifs is 1. The van der Waals surface area contributed by atoms with Gasteiger partial charge in [0.05, 0.1) is 19.8 Å². The Balaban J connectivity index is 1.49. The second-order valence-corrected chi connectivity index (χ2v) is 5.95. The lowest BCUT2D eigenvalue weighted by atomic mass is 9.98. The zero-order chi connectivity index (χ0) is 15.6. The molecule has 5 heteroatoms. The van der Waals surface area contributed by atoms with Crippen LogP contribution in [0.25, 0.3) is 16.5 Å². The average Bonchev–Trinajstić information content (AvgIpc) is 3.06. The molecule has 0 spiro atoms. The Morgan fingerprint density at radius 1 is 1.26 bits per heavy atom. The predicted octanol–water partition coefficient (Wildman–Crippen LogP) is 2.20. The third-order valence-corrected chi connectivity index (χ3v) is 4.55. The lowest BCUT2D eigenvalue weighted by molar-refractivity contribution is -0.157. The summed E-state index contributed by atoms with van der Waals surface area (Å²) >= 11 is 0. The second-order valence-electron chi connectivity index (χ2n) is 5.95. The quantitative estimate of drug-likeness (QED) is 0.925. The van der Waals surface area contributed by atoms with Gasteiger partial charge in [0.2, 0.25) is 0 Å². The van der Waals surface area contributed by atoms with Crippen molar-refractivity contribution in [1.29, 1.82) is 0 Å². The minimum atomic E-state index is -0.438. The number of hydrogen-bond donors (Lipinski definition) is 1. The van der Waals surface area contributed by atoms with Gasteiger partial charge in [-0.1, -0.05) is 24.3 Å². The van der Waals surface area contributed by atoms with Crippen LogP contribution in [-0.4, -0.2) is 54.8 Å². The maximum atomic E-state index is 12.4. The van der Waals surface area contributed by atoms with Crippen LogP contribution in [0, 0.1) is 0 Å². The Bertz CT molecular complexity index is 744. The number of aromatic nitrogens is 1. The molecule has 23 heavy (non-hydrogen) atoms.